The predicted octanol–water partition coefficient (Wildman–Crippen LogP) is 2.95. The van der Waals surface area contributed by atoms with E-state index in [2.05, 4.69) is 56.2 Å². The molecule has 2 aliphatic heterocycles. The lowest BCUT2D eigenvalue weighted by atomic mass is 9.90. The Hall–Kier alpha value is -2.13. The van der Waals surface area contributed by atoms with Crippen LogP contribution < -0.4 is 16.0 Å². The average molecular weight is 519 g/mol. The Morgan fingerprint density at radius 3 is 2.73 bits per heavy atom. The Balaban J connectivity index is 0.00000256. The van der Waals surface area contributed by atoms with Crippen LogP contribution in [0, 0.1) is 0 Å². The molecule has 0 aromatic heterocycles. The number of guanidine groups is 1. The van der Waals surface area contributed by atoms with Gasteiger partial charge in [0.05, 0.1) is 0 Å². The minimum Gasteiger partial charge on any atom is -0.356 e. The molecule has 160 valence electrons. The van der Waals surface area contributed by atoms with E-state index < -0.39 is 0 Å². The van der Waals surface area contributed by atoms with E-state index in [-0.39, 0.29) is 35.8 Å². The zero-order valence-corrected chi connectivity index (χ0v) is 19.7. The summed E-state index contributed by atoms with van der Waals surface area (Å²) in [6.45, 7) is 4.60. The SMILES string of the molecule is CN=C(NCCN1CCc2ccccc2C1)NCC1CC(=O)Nc2ccccc21.I. The molecule has 2 aromatic carbocycles. The quantitative estimate of drug-likeness (QED) is 0.323. The van der Waals surface area contributed by atoms with E-state index in [0.29, 0.717) is 13.0 Å². The number of rotatable bonds is 5. The van der Waals surface area contributed by atoms with Crippen molar-refractivity contribution in [3.63, 3.8) is 0 Å². The summed E-state index contributed by atoms with van der Waals surface area (Å²) in [7, 11) is 1.79. The Kier molecular flexibility index (Phi) is 8.09. The normalized spacial score (nSPS) is 18.5. The number of benzene rings is 2. The first-order valence-corrected chi connectivity index (χ1v) is 10.4. The summed E-state index contributed by atoms with van der Waals surface area (Å²) in [5, 5.41) is 9.76. The van der Waals surface area contributed by atoms with E-state index >= 15 is 0 Å². The number of nitrogens with zero attached hydrogens (tertiary/aromatic N) is 2. The van der Waals surface area contributed by atoms with E-state index in [1.807, 2.05) is 18.2 Å². The Morgan fingerprint density at radius 2 is 1.90 bits per heavy atom. The van der Waals surface area contributed by atoms with Crippen molar-refractivity contribution >= 4 is 41.5 Å². The molecule has 0 aliphatic carbocycles. The van der Waals surface area contributed by atoms with E-state index in [1.54, 1.807) is 7.05 Å². The first kappa shape index (κ1) is 22.6. The number of aliphatic imine (C=N–C) groups is 1. The van der Waals surface area contributed by atoms with Crippen molar-refractivity contribution < 1.29 is 4.79 Å². The molecule has 1 atom stereocenters. The maximum atomic E-state index is 12.0. The molecule has 0 radical (unpaired) electrons. The van der Waals surface area contributed by atoms with Crippen molar-refractivity contribution in [2.75, 3.05) is 38.5 Å². The summed E-state index contributed by atoms with van der Waals surface area (Å²) in [6.07, 6.45) is 1.61. The fraction of sp³-hybridized carbons (Fsp3) is 0.391. The predicted molar refractivity (Wildman–Crippen MR) is 133 cm³/mol. The zero-order valence-electron chi connectivity index (χ0n) is 17.4. The maximum absolute atomic E-state index is 12.0. The largest absolute Gasteiger partial charge is 0.356 e. The van der Waals surface area contributed by atoms with Crippen LogP contribution >= 0.6 is 24.0 Å². The molecule has 2 heterocycles. The van der Waals surface area contributed by atoms with Crippen LogP contribution in [-0.2, 0) is 17.8 Å². The van der Waals surface area contributed by atoms with Crippen LogP contribution in [0.1, 0.15) is 29.0 Å². The molecule has 0 bridgehead atoms. The number of hydrogen-bond acceptors (Lipinski definition) is 3. The maximum Gasteiger partial charge on any atom is 0.225 e. The van der Waals surface area contributed by atoms with Crippen molar-refractivity contribution in [3.8, 4) is 0 Å². The third-order valence-electron chi connectivity index (χ3n) is 5.78. The highest BCUT2D eigenvalue weighted by Crippen LogP contribution is 2.31. The molecule has 1 amide bonds. The minimum absolute atomic E-state index is 0. The number of anilines is 1. The molecule has 0 saturated carbocycles. The molecular formula is C23H30IN5O. The summed E-state index contributed by atoms with van der Waals surface area (Å²) >= 11 is 0. The summed E-state index contributed by atoms with van der Waals surface area (Å²) < 4.78 is 0. The monoisotopic (exact) mass is 519 g/mol. The van der Waals surface area contributed by atoms with E-state index in [0.717, 1.165) is 44.2 Å². The summed E-state index contributed by atoms with van der Waals surface area (Å²) in [6, 6.07) is 16.7. The smallest absolute Gasteiger partial charge is 0.225 e. The summed E-state index contributed by atoms with van der Waals surface area (Å²) in [5.41, 5.74) is 5.02. The van der Waals surface area contributed by atoms with Gasteiger partial charge in [0.15, 0.2) is 5.96 Å². The Labute approximate surface area is 195 Å². The molecule has 30 heavy (non-hydrogen) atoms. The summed E-state index contributed by atoms with van der Waals surface area (Å²) in [4.78, 5) is 18.8. The summed E-state index contributed by atoms with van der Waals surface area (Å²) in [5.74, 6) is 1.01. The fourth-order valence-corrected chi connectivity index (χ4v) is 4.20. The van der Waals surface area contributed by atoms with Crippen LogP contribution in [0.25, 0.3) is 0 Å². The molecule has 0 spiro atoms. The number of amides is 1. The van der Waals surface area contributed by atoms with Crippen LogP contribution in [0.15, 0.2) is 53.5 Å². The van der Waals surface area contributed by atoms with Crippen LogP contribution in [0.4, 0.5) is 5.69 Å². The molecule has 4 rings (SSSR count). The van der Waals surface area contributed by atoms with Crippen molar-refractivity contribution in [3.05, 3.63) is 65.2 Å². The van der Waals surface area contributed by atoms with Crippen molar-refractivity contribution in [2.24, 2.45) is 4.99 Å². The molecule has 3 N–H and O–H groups in total. The molecule has 2 aromatic rings. The number of hydrogen-bond donors (Lipinski definition) is 3. The lowest BCUT2D eigenvalue weighted by molar-refractivity contribution is -0.116. The van der Waals surface area contributed by atoms with Gasteiger partial charge in [-0.25, -0.2) is 0 Å². The number of carbonyl (C=O) groups is 1. The second-order valence-corrected chi connectivity index (χ2v) is 7.71. The van der Waals surface area contributed by atoms with Gasteiger partial charge >= 0.3 is 0 Å². The van der Waals surface area contributed by atoms with Crippen molar-refractivity contribution in [1.82, 2.24) is 15.5 Å². The Bertz CT molecular complexity index is 901. The van der Waals surface area contributed by atoms with Gasteiger partial charge in [-0.2, -0.15) is 0 Å². The molecule has 0 saturated heterocycles. The third-order valence-corrected chi connectivity index (χ3v) is 5.78. The van der Waals surface area contributed by atoms with E-state index in [1.165, 1.54) is 16.7 Å². The van der Waals surface area contributed by atoms with E-state index in [9.17, 15) is 4.79 Å². The average Bonchev–Trinajstić information content (AvgIpc) is 2.75. The van der Waals surface area contributed by atoms with Crippen molar-refractivity contribution in [1.29, 1.82) is 0 Å². The van der Waals surface area contributed by atoms with Gasteiger partial charge in [-0.15, -0.1) is 24.0 Å². The molecule has 7 heteroatoms. The first-order valence-electron chi connectivity index (χ1n) is 10.4. The number of halogens is 1. The highest BCUT2D eigenvalue weighted by atomic mass is 127. The van der Waals surface area contributed by atoms with Crippen molar-refractivity contribution in [2.45, 2.75) is 25.3 Å². The van der Waals surface area contributed by atoms with Crippen LogP contribution in [0.2, 0.25) is 0 Å². The molecule has 6 nitrogen and oxygen atoms in total. The number of para-hydroxylation sites is 1. The third kappa shape index (κ3) is 5.51. The number of carbonyl (C=O) groups excluding carboxylic acids is 1. The standard InChI is InChI=1S/C23H29N5O.HI/c1-24-23(25-11-13-28-12-10-17-6-2-3-7-18(17)16-28)26-15-19-14-22(29)27-21-9-5-4-8-20(19)21;/h2-9,19H,10-16H2,1H3,(H,27,29)(H2,24,25,26);1H. The second kappa shape index (κ2) is 10.8. The van der Waals surface area contributed by atoms with Gasteiger partial charge in [0.1, 0.15) is 0 Å². The highest BCUT2D eigenvalue weighted by molar-refractivity contribution is 14.0. The van der Waals surface area contributed by atoms with E-state index in [4.69, 9.17) is 0 Å². The number of fused-ring (bicyclic) bond motifs is 2. The highest BCUT2D eigenvalue weighted by Gasteiger charge is 2.24. The first-order chi connectivity index (χ1) is 14.2. The second-order valence-electron chi connectivity index (χ2n) is 7.71. The number of nitrogens with one attached hydrogen (secondary N) is 3. The van der Waals surface area contributed by atoms with Crippen LogP contribution in [0.5, 0.6) is 0 Å². The minimum atomic E-state index is 0. The fourth-order valence-electron chi connectivity index (χ4n) is 4.20. The molecule has 0 fully saturated rings. The molecule has 1 unspecified atom stereocenters. The lowest BCUT2D eigenvalue weighted by Gasteiger charge is -2.29. The Morgan fingerprint density at radius 1 is 1.13 bits per heavy atom. The van der Waals surface area contributed by atoms with Gasteiger partial charge < -0.3 is 16.0 Å². The van der Waals surface area contributed by atoms with Gasteiger partial charge in [-0.3, -0.25) is 14.7 Å². The topological polar surface area (TPSA) is 68.8 Å². The zero-order chi connectivity index (χ0) is 20.1. The molecular weight excluding hydrogens is 489 g/mol. The van der Waals surface area contributed by atoms with Gasteiger partial charge in [-0.05, 0) is 29.2 Å². The van der Waals surface area contributed by atoms with Crippen LogP contribution in [0.3, 0.4) is 0 Å². The lowest BCUT2D eigenvalue weighted by Crippen LogP contribution is -2.44. The van der Waals surface area contributed by atoms with Gasteiger partial charge in [0, 0.05) is 57.8 Å². The van der Waals surface area contributed by atoms with Crippen LogP contribution in [-0.4, -0.2) is 50.0 Å². The van der Waals surface area contributed by atoms with Gasteiger partial charge in [0.25, 0.3) is 0 Å². The van der Waals surface area contributed by atoms with Gasteiger partial charge in [0.2, 0.25) is 5.91 Å². The molecule has 2 aliphatic rings. The van der Waals surface area contributed by atoms with Gasteiger partial charge in [-0.1, -0.05) is 42.5 Å².